The SMILES string of the molecule is CC(C)(C)OC(=O)NC1CCN(C(=O)c2csc(-c3ccsc3)n2)CC1. The van der Waals surface area contributed by atoms with Crippen molar-refractivity contribution in [3.8, 4) is 10.6 Å². The Morgan fingerprint density at radius 3 is 2.62 bits per heavy atom. The number of likely N-dealkylation sites (tertiary alicyclic amines) is 1. The van der Waals surface area contributed by atoms with Gasteiger partial charge in [0.2, 0.25) is 0 Å². The van der Waals surface area contributed by atoms with Crippen LogP contribution >= 0.6 is 22.7 Å². The van der Waals surface area contributed by atoms with E-state index < -0.39 is 11.7 Å². The zero-order valence-corrected chi connectivity index (χ0v) is 16.8. The minimum absolute atomic E-state index is 0.0331. The number of amides is 2. The normalized spacial score (nSPS) is 15.7. The van der Waals surface area contributed by atoms with Crippen LogP contribution in [-0.4, -0.2) is 46.6 Å². The predicted molar refractivity (Wildman–Crippen MR) is 104 cm³/mol. The Balaban J connectivity index is 1.52. The van der Waals surface area contributed by atoms with Gasteiger partial charge in [0.25, 0.3) is 5.91 Å². The molecule has 0 radical (unpaired) electrons. The largest absolute Gasteiger partial charge is 0.444 e. The quantitative estimate of drug-likeness (QED) is 0.855. The van der Waals surface area contributed by atoms with Crippen LogP contribution < -0.4 is 5.32 Å². The summed E-state index contributed by atoms with van der Waals surface area (Å²) in [6, 6.07) is 2.04. The number of hydrogen-bond acceptors (Lipinski definition) is 6. The third-order valence-corrected chi connectivity index (χ3v) is 5.57. The molecule has 0 aromatic carbocycles. The molecule has 1 aliphatic rings. The molecule has 0 aliphatic carbocycles. The summed E-state index contributed by atoms with van der Waals surface area (Å²) in [5.74, 6) is -0.0431. The van der Waals surface area contributed by atoms with Gasteiger partial charge in [-0.15, -0.1) is 11.3 Å². The Bertz CT molecular complexity index is 757. The zero-order valence-electron chi connectivity index (χ0n) is 15.2. The van der Waals surface area contributed by atoms with Crippen LogP contribution in [0.25, 0.3) is 10.6 Å². The van der Waals surface area contributed by atoms with Crippen LogP contribution in [0, 0.1) is 0 Å². The lowest BCUT2D eigenvalue weighted by Crippen LogP contribution is -2.47. The van der Waals surface area contributed by atoms with Gasteiger partial charge in [-0.25, -0.2) is 9.78 Å². The highest BCUT2D eigenvalue weighted by atomic mass is 32.1. The highest BCUT2D eigenvalue weighted by Crippen LogP contribution is 2.26. The number of rotatable bonds is 3. The third kappa shape index (κ3) is 4.82. The van der Waals surface area contributed by atoms with Crippen LogP contribution in [-0.2, 0) is 4.74 Å². The molecule has 0 bridgehead atoms. The summed E-state index contributed by atoms with van der Waals surface area (Å²) in [6.07, 6.45) is 1.03. The summed E-state index contributed by atoms with van der Waals surface area (Å²) >= 11 is 3.10. The molecular weight excluding hydrogens is 370 g/mol. The van der Waals surface area contributed by atoms with Crippen molar-refractivity contribution in [2.24, 2.45) is 0 Å². The summed E-state index contributed by atoms with van der Waals surface area (Å²) < 4.78 is 5.28. The van der Waals surface area contributed by atoms with Crippen molar-refractivity contribution < 1.29 is 14.3 Å². The molecule has 2 aromatic heterocycles. The number of nitrogens with zero attached hydrogens (tertiary/aromatic N) is 2. The highest BCUT2D eigenvalue weighted by Gasteiger charge is 2.27. The van der Waals surface area contributed by atoms with E-state index in [4.69, 9.17) is 4.74 Å². The van der Waals surface area contributed by atoms with E-state index in [2.05, 4.69) is 10.3 Å². The smallest absolute Gasteiger partial charge is 0.407 e. The zero-order chi connectivity index (χ0) is 18.7. The van der Waals surface area contributed by atoms with Gasteiger partial charge < -0.3 is 15.0 Å². The lowest BCUT2D eigenvalue weighted by molar-refractivity contribution is 0.0473. The average Bonchev–Trinajstić information content (AvgIpc) is 3.24. The molecule has 1 saturated heterocycles. The summed E-state index contributed by atoms with van der Waals surface area (Å²) in [4.78, 5) is 30.8. The van der Waals surface area contributed by atoms with Gasteiger partial charge in [0.1, 0.15) is 16.3 Å². The fourth-order valence-corrected chi connectivity index (χ4v) is 4.26. The van der Waals surface area contributed by atoms with Crippen LogP contribution in [0.3, 0.4) is 0 Å². The number of alkyl carbamates (subject to hydrolysis) is 1. The van der Waals surface area contributed by atoms with E-state index in [1.54, 1.807) is 16.2 Å². The Hall–Kier alpha value is -1.93. The maximum Gasteiger partial charge on any atom is 0.407 e. The minimum Gasteiger partial charge on any atom is -0.444 e. The monoisotopic (exact) mass is 393 g/mol. The van der Waals surface area contributed by atoms with Gasteiger partial charge in [-0.2, -0.15) is 11.3 Å². The van der Waals surface area contributed by atoms with Crippen molar-refractivity contribution in [1.82, 2.24) is 15.2 Å². The number of hydrogen-bond donors (Lipinski definition) is 1. The van der Waals surface area contributed by atoms with Crippen molar-refractivity contribution in [2.45, 2.75) is 45.3 Å². The Morgan fingerprint density at radius 2 is 2.00 bits per heavy atom. The van der Waals surface area contributed by atoms with Crippen LogP contribution in [0.4, 0.5) is 4.79 Å². The second kappa shape index (κ2) is 7.75. The van der Waals surface area contributed by atoms with Gasteiger partial charge in [-0.3, -0.25) is 4.79 Å². The maximum absolute atomic E-state index is 12.7. The number of aromatic nitrogens is 1. The summed E-state index contributed by atoms with van der Waals surface area (Å²) in [7, 11) is 0. The van der Waals surface area contributed by atoms with Gasteiger partial charge in [-0.1, -0.05) is 0 Å². The molecule has 3 heterocycles. The minimum atomic E-state index is -0.508. The van der Waals surface area contributed by atoms with Crippen LogP contribution in [0.5, 0.6) is 0 Å². The molecule has 0 spiro atoms. The number of carbonyl (C=O) groups is 2. The van der Waals surface area contributed by atoms with Gasteiger partial charge in [0.15, 0.2) is 0 Å². The summed E-state index contributed by atoms with van der Waals surface area (Å²) in [5.41, 5.74) is 1.04. The molecule has 6 nitrogen and oxygen atoms in total. The maximum atomic E-state index is 12.7. The number of thiazole rings is 1. The molecule has 0 unspecified atom stereocenters. The number of ether oxygens (including phenoxy) is 1. The fraction of sp³-hybridized carbons (Fsp3) is 0.500. The first-order valence-electron chi connectivity index (χ1n) is 8.59. The molecule has 0 saturated carbocycles. The van der Waals surface area contributed by atoms with Crippen molar-refractivity contribution >= 4 is 34.7 Å². The highest BCUT2D eigenvalue weighted by molar-refractivity contribution is 7.14. The third-order valence-electron chi connectivity index (χ3n) is 3.99. The van der Waals surface area contributed by atoms with Crippen molar-refractivity contribution in [3.05, 3.63) is 27.9 Å². The number of thiophene rings is 1. The van der Waals surface area contributed by atoms with E-state index >= 15 is 0 Å². The first kappa shape index (κ1) is 18.8. The van der Waals surface area contributed by atoms with E-state index in [9.17, 15) is 9.59 Å². The topological polar surface area (TPSA) is 71.5 Å². The Labute approximate surface area is 161 Å². The van der Waals surface area contributed by atoms with E-state index in [1.807, 2.05) is 43.0 Å². The molecule has 140 valence electrons. The standard InChI is InChI=1S/C18H23N3O3S2/c1-18(2,3)24-17(23)19-13-4-7-21(8-5-13)16(22)14-11-26-15(20-14)12-6-9-25-10-12/h6,9-11,13H,4-5,7-8H2,1-3H3,(H,19,23). The number of piperidine rings is 1. The number of nitrogens with one attached hydrogen (secondary N) is 1. The Kier molecular flexibility index (Phi) is 5.62. The second-order valence-corrected chi connectivity index (χ2v) is 8.90. The molecule has 1 N–H and O–H groups in total. The second-order valence-electron chi connectivity index (χ2n) is 7.26. The van der Waals surface area contributed by atoms with Crippen LogP contribution in [0.1, 0.15) is 44.1 Å². The molecule has 26 heavy (non-hydrogen) atoms. The van der Waals surface area contributed by atoms with Crippen molar-refractivity contribution in [1.29, 1.82) is 0 Å². The number of carbonyl (C=O) groups excluding carboxylic acids is 2. The van der Waals surface area contributed by atoms with E-state index in [1.165, 1.54) is 11.3 Å². The molecule has 2 aromatic rings. The van der Waals surface area contributed by atoms with E-state index in [0.29, 0.717) is 31.6 Å². The van der Waals surface area contributed by atoms with Gasteiger partial charge >= 0.3 is 6.09 Å². The van der Waals surface area contributed by atoms with E-state index in [0.717, 1.165) is 10.6 Å². The first-order chi connectivity index (χ1) is 12.3. The van der Waals surface area contributed by atoms with Crippen LogP contribution in [0.15, 0.2) is 22.2 Å². The lowest BCUT2D eigenvalue weighted by Gasteiger charge is -2.32. The predicted octanol–water partition coefficient (Wildman–Crippen LogP) is 4.00. The molecule has 0 atom stereocenters. The molecule has 1 fully saturated rings. The molecule has 8 heteroatoms. The molecule has 1 aliphatic heterocycles. The summed E-state index contributed by atoms with van der Waals surface area (Å²) in [6.45, 7) is 6.72. The average molecular weight is 394 g/mol. The van der Waals surface area contributed by atoms with Crippen LogP contribution in [0.2, 0.25) is 0 Å². The Morgan fingerprint density at radius 1 is 1.27 bits per heavy atom. The fourth-order valence-electron chi connectivity index (χ4n) is 2.75. The molecule has 2 amide bonds. The van der Waals surface area contributed by atoms with Gasteiger partial charge in [-0.05, 0) is 45.1 Å². The lowest BCUT2D eigenvalue weighted by atomic mass is 10.1. The van der Waals surface area contributed by atoms with Crippen molar-refractivity contribution in [2.75, 3.05) is 13.1 Å². The molecular formula is C18H23N3O3S2. The van der Waals surface area contributed by atoms with Gasteiger partial charge in [0, 0.05) is 35.5 Å². The molecule has 3 rings (SSSR count). The van der Waals surface area contributed by atoms with E-state index in [-0.39, 0.29) is 11.9 Å². The first-order valence-corrected chi connectivity index (χ1v) is 10.4. The van der Waals surface area contributed by atoms with Crippen molar-refractivity contribution in [3.63, 3.8) is 0 Å². The van der Waals surface area contributed by atoms with Gasteiger partial charge in [0.05, 0.1) is 0 Å². The summed E-state index contributed by atoms with van der Waals surface area (Å²) in [5, 5.41) is 9.61.